The fourth-order valence-corrected chi connectivity index (χ4v) is 4.82. The lowest BCUT2D eigenvalue weighted by Gasteiger charge is -2.26. The van der Waals surface area contributed by atoms with Gasteiger partial charge in [0.05, 0.1) is 12.6 Å². The van der Waals surface area contributed by atoms with Gasteiger partial charge in [0, 0.05) is 45.1 Å². The van der Waals surface area contributed by atoms with E-state index in [1.807, 2.05) is 53.7 Å². The van der Waals surface area contributed by atoms with Crippen LogP contribution in [0.1, 0.15) is 29.4 Å². The van der Waals surface area contributed by atoms with Gasteiger partial charge in [-0.3, -0.25) is 14.6 Å². The molecule has 1 atom stereocenters. The Bertz CT molecular complexity index is 1130. The SMILES string of the molecule is O=C(CN1C(=O)OCC1c1ccccc1)N1CCCN(Cc2nccn2Cc2ccccc2)CC1. The number of carbonyl (C=O) groups is 2. The number of aromatic nitrogens is 2. The minimum Gasteiger partial charge on any atom is -0.447 e. The van der Waals surface area contributed by atoms with E-state index in [0.29, 0.717) is 13.1 Å². The third-order valence-corrected chi connectivity index (χ3v) is 6.77. The fraction of sp³-hybridized carbons (Fsp3) is 0.370. The lowest BCUT2D eigenvalue weighted by molar-refractivity contribution is -0.131. The van der Waals surface area contributed by atoms with E-state index in [1.54, 1.807) is 4.90 Å². The van der Waals surface area contributed by atoms with Gasteiger partial charge in [0.2, 0.25) is 5.91 Å². The molecule has 2 aromatic carbocycles. The summed E-state index contributed by atoms with van der Waals surface area (Å²) in [7, 11) is 0. The molecule has 8 nitrogen and oxygen atoms in total. The average Bonchev–Trinajstić information content (AvgIpc) is 3.38. The molecule has 3 aromatic rings. The minimum atomic E-state index is -0.422. The summed E-state index contributed by atoms with van der Waals surface area (Å²) in [4.78, 5) is 35.9. The van der Waals surface area contributed by atoms with Crippen LogP contribution in [0.4, 0.5) is 4.79 Å². The Labute approximate surface area is 205 Å². The molecule has 2 aliphatic heterocycles. The Balaban J connectivity index is 1.17. The second-order valence-corrected chi connectivity index (χ2v) is 9.10. The Morgan fingerprint density at radius 1 is 0.943 bits per heavy atom. The average molecular weight is 474 g/mol. The number of carbonyl (C=O) groups excluding carboxylic acids is 2. The molecule has 8 heteroatoms. The quantitative estimate of drug-likeness (QED) is 0.527. The standard InChI is InChI=1S/C27H31N5O3/c33-26(20-32-24(21-35-27(32)34)23-10-5-2-6-11-23)30-14-7-13-29(16-17-30)19-25-28-12-15-31(25)18-22-8-3-1-4-9-22/h1-6,8-12,15,24H,7,13-14,16-21H2. The maximum absolute atomic E-state index is 13.2. The van der Waals surface area contributed by atoms with Crippen LogP contribution in [-0.4, -0.2) is 75.6 Å². The molecule has 5 rings (SSSR count). The van der Waals surface area contributed by atoms with Gasteiger partial charge in [-0.25, -0.2) is 9.78 Å². The zero-order chi connectivity index (χ0) is 24.0. The molecule has 0 N–H and O–H groups in total. The van der Waals surface area contributed by atoms with Crippen LogP contribution in [0, 0.1) is 0 Å². The molecule has 2 amide bonds. The minimum absolute atomic E-state index is 0.0304. The summed E-state index contributed by atoms with van der Waals surface area (Å²) in [5.74, 6) is 0.997. The number of hydrogen-bond acceptors (Lipinski definition) is 5. The molecule has 2 fully saturated rings. The number of hydrogen-bond donors (Lipinski definition) is 0. The largest absolute Gasteiger partial charge is 0.447 e. The van der Waals surface area contributed by atoms with Crippen molar-refractivity contribution in [1.29, 1.82) is 0 Å². The van der Waals surface area contributed by atoms with Crippen LogP contribution < -0.4 is 0 Å². The first kappa shape index (κ1) is 23.1. The highest BCUT2D eigenvalue weighted by Crippen LogP contribution is 2.27. The molecule has 35 heavy (non-hydrogen) atoms. The summed E-state index contributed by atoms with van der Waals surface area (Å²) >= 11 is 0. The molecular weight excluding hydrogens is 442 g/mol. The predicted octanol–water partition coefficient (Wildman–Crippen LogP) is 3.16. The van der Waals surface area contributed by atoms with E-state index in [0.717, 1.165) is 44.0 Å². The molecule has 0 aliphatic carbocycles. The van der Waals surface area contributed by atoms with Gasteiger partial charge in [0.25, 0.3) is 0 Å². The fourth-order valence-electron chi connectivity index (χ4n) is 4.82. The Morgan fingerprint density at radius 2 is 1.71 bits per heavy atom. The van der Waals surface area contributed by atoms with Crippen LogP contribution in [-0.2, 0) is 22.6 Å². The topological polar surface area (TPSA) is 70.9 Å². The van der Waals surface area contributed by atoms with Gasteiger partial charge in [-0.2, -0.15) is 0 Å². The lowest BCUT2D eigenvalue weighted by atomic mass is 10.1. The van der Waals surface area contributed by atoms with Crippen molar-refractivity contribution >= 4 is 12.0 Å². The smallest absolute Gasteiger partial charge is 0.410 e. The number of cyclic esters (lactones) is 1. The molecule has 0 radical (unpaired) electrons. The summed E-state index contributed by atoms with van der Waals surface area (Å²) in [6.07, 6.45) is 4.34. The molecule has 2 aliphatic rings. The Hall–Kier alpha value is -3.65. The van der Waals surface area contributed by atoms with Crippen molar-refractivity contribution in [1.82, 2.24) is 24.3 Å². The molecule has 0 spiro atoms. The van der Waals surface area contributed by atoms with Gasteiger partial charge >= 0.3 is 6.09 Å². The molecule has 1 aromatic heterocycles. The van der Waals surface area contributed by atoms with Crippen molar-refractivity contribution in [2.75, 3.05) is 39.3 Å². The first-order valence-corrected chi connectivity index (χ1v) is 12.2. The third kappa shape index (κ3) is 5.54. The van der Waals surface area contributed by atoms with Gasteiger partial charge < -0.3 is 14.2 Å². The molecule has 0 bridgehead atoms. The second kappa shape index (κ2) is 10.7. The van der Waals surface area contributed by atoms with Gasteiger partial charge in [-0.15, -0.1) is 0 Å². The lowest BCUT2D eigenvalue weighted by Crippen LogP contribution is -2.43. The maximum atomic E-state index is 13.2. The van der Waals surface area contributed by atoms with Crippen molar-refractivity contribution in [3.8, 4) is 0 Å². The van der Waals surface area contributed by atoms with Crippen LogP contribution in [0.15, 0.2) is 73.1 Å². The number of amides is 2. The van der Waals surface area contributed by atoms with Gasteiger partial charge in [0.15, 0.2) is 0 Å². The molecule has 2 saturated heterocycles. The highest BCUT2D eigenvalue weighted by molar-refractivity contribution is 5.83. The van der Waals surface area contributed by atoms with Crippen LogP contribution in [0.5, 0.6) is 0 Å². The van der Waals surface area contributed by atoms with Crippen molar-refractivity contribution in [3.63, 3.8) is 0 Å². The summed E-state index contributed by atoms with van der Waals surface area (Å²) in [6, 6.07) is 19.9. The van der Waals surface area contributed by atoms with E-state index in [1.165, 1.54) is 5.56 Å². The molecule has 0 saturated carbocycles. The van der Waals surface area contributed by atoms with E-state index in [-0.39, 0.29) is 25.1 Å². The zero-order valence-corrected chi connectivity index (χ0v) is 19.8. The van der Waals surface area contributed by atoms with Crippen molar-refractivity contribution in [2.45, 2.75) is 25.6 Å². The van der Waals surface area contributed by atoms with E-state index in [9.17, 15) is 9.59 Å². The first-order chi connectivity index (χ1) is 17.2. The molecular formula is C27H31N5O3. The van der Waals surface area contributed by atoms with Crippen molar-refractivity contribution in [3.05, 3.63) is 90.0 Å². The highest BCUT2D eigenvalue weighted by Gasteiger charge is 2.36. The van der Waals surface area contributed by atoms with E-state index in [4.69, 9.17) is 4.74 Å². The normalized spacial score (nSPS) is 19.0. The Kier molecular flexibility index (Phi) is 7.09. The van der Waals surface area contributed by atoms with Gasteiger partial charge in [-0.05, 0) is 17.5 Å². The Morgan fingerprint density at radius 3 is 2.51 bits per heavy atom. The van der Waals surface area contributed by atoms with Crippen LogP contribution in [0.3, 0.4) is 0 Å². The maximum Gasteiger partial charge on any atom is 0.410 e. The van der Waals surface area contributed by atoms with E-state index >= 15 is 0 Å². The molecule has 1 unspecified atom stereocenters. The van der Waals surface area contributed by atoms with Crippen LogP contribution >= 0.6 is 0 Å². The summed E-state index contributed by atoms with van der Waals surface area (Å²) < 4.78 is 7.46. The number of benzene rings is 2. The highest BCUT2D eigenvalue weighted by atomic mass is 16.6. The summed E-state index contributed by atoms with van der Waals surface area (Å²) in [5.41, 5.74) is 2.23. The monoisotopic (exact) mass is 473 g/mol. The number of rotatable bonds is 7. The van der Waals surface area contributed by atoms with Gasteiger partial charge in [-0.1, -0.05) is 60.7 Å². The molecule has 3 heterocycles. The number of ether oxygens (including phenoxy) is 1. The van der Waals surface area contributed by atoms with E-state index in [2.05, 4.69) is 38.7 Å². The molecule has 182 valence electrons. The van der Waals surface area contributed by atoms with Crippen LogP contribution in [0.2, 0.25) is 0 Å². The van der Waals surface area contributed by atoms with E-state index < -0.39 is 6.09 Å². The predicted molar refractivity (Wildman–Crippen MR) is 131 cm³/mol. The number of imidazole rings is 1. The van der Waals surface area contributed by atoms with Crippen molar-refractivity contribution < 1.29 is 14.3 Å². The number of nitrogens with zero attached hydrogens (tertiary/aromatic N) is 5. The summed E-state index contributed by atoms with van der Waals surface area (Å²) in [5, 5.41) is 0. The summed E-state index contributed by atoms with van der Waals surface area (Å²) in [6.45, 7) is 4.86. The van der Waals surface area contributed by atoms with Crippen molar-refractivity contribution in [2.24, 2.45) is 0 Å². The zero-order valence-electron chi connectivity index (χ0n) is 19.8. The third-order valence-electron chi connectivity index (χ3n) is 6.77. The second-order valence-electron chi connectivity index (χ2n) is 9.10. The first-order valence-electron chi connectivity index (χ1n) is 12.2. The van der Waals surface area contributed by atoms with Crippen LogP contribution in [0.25, 0.3) is 0 Å². The van der Waals surface area contributed by atoms with Gasteiger partial charge in [0.1, 0.15) is 19.0 Å².